The molecule has 31 heavy (non-hydrogen) atoms. The van der Waals surface area contributed by atoms with Gasteiger partial charge in [-0.3, -0.25) is 14.4 Å². The van der Waals surface area contributed by atoms with Crippen LogP contribution in [0.3, 0.4) is 0 Å². The van der Waals surface area contributed by atoms with E-state index >= 15 is 0 Å². The van der Waals surface area contributed by atoms with Crippen molar-refractivity contribution in [3.8, 4) is 0 Å². The zero-order chi connectivity index (χ0) is 21.8. The molecule has 162 valence electrons. The molecule has 0 bridgehead atoms. The van der Waals surface area contributed by atoms with Crippen LogP contribution in [0.5, 0.6) is 0 Å². The minimum Gasteiger partial charge on any atom is -0.391 e. The van der Waals surface area contributed by atoms with Gasteiger partial charge in [0.1, 0.15) is 12.6 Å². The summed E-state index contributed by atoms with van der Waals surface area (Å²) in [6.07, 6.45) is 5.38. The molecule has 1 aromatic heterocycles. The quantitative estimate of drug-likeness (QED) is 0.595. The Kier molecular flexibility index (Phi) is 6.10. The Balaban J connectivity index is 1.40. The van der Waals surface area contributed by atoms with Gasteiger partial charge in [-0.25, -0.2) is 4.98 Å². The molecule has 3 heterocycles. The first kappa shape index (κ1) is 20.8. The van der Waals surface area contributed by atoms with Crippen LogP contribution in [-0.4, -0.2) is 76.1 Å². The summed E-state index contributed by atoms with van der Waals surface area (Å²) in [5.41, 5.74) is 1.92. The Bertz CT molecular complexity index is 973. The standard InChI is InChI=1S/C21H23N5O5/c27-17-9-18(26(11-17)19(28)6-3-15-10-22-13-23-15)21(30)24-14-1-4-16(5-2-14)25-7-8-31-12-20(25)29/h1-6,10,13,17-18,27H,7-9,11-12H2,(H,22,23)(H,24,30)/t17-,18-/m1/s1. The van der Waals surface area contributed by atoms with E-state index in [0.29, 0.717) is 24.5 Å². The van der Waals surface area contributed by atoms with Crippen molar-refractivity contribution in [2.45, 2.75) is 18.6 Å². The van der Waals surface area contributed by atoms with Gasteiger partial charge in [0.05, 0.1) is 30.9 Å². The number of aromatic amines is 1. The number of benzene rings is 1. The van der Waals surface area contributed by atoms with Gasteiger partial charge in [0, 0.05) is 37.0 Å². The number of carbonyl (C=O) groups is 3. The number of aliphatic hydroxyl groups is 1. The van der Waals surface area contributed by atoms with Crippen LogP contribution in [0.1, 0.15) is 12.1 Å². The SMILES string of the molecule is O=C(Nc1ccc(N2CCOCC2=O)cc1)[C@H]1C[C@@H](O)CN1C(=O)C=Cc1cnc[nH]1. The van der Waals surface area contributed by atoms with E-state index in [4.69, 9.17) is 4.74 Å². The number of amides is 3. The van der Waals surface area contributed by atoms with Crippen molar-refractivity contribution >= 4 is 35.2 Å². The molecule has 10 heteroatoms. The average molecular weight is 425 g/mol. The minimum absolute atomic E-state index is 0.0567. The van der Waals surface area contributed by atoms with Crippen LogP contribution in [0.25, 0.3) is 6.08 Å². The number of β-amino-alcohol motifs (C(OH)–C–C–N with tert-alkyl or cyclic N) is 1. The summed E-state index contributed by atoms with van der Waals surface area (Å²) in [5, 5.41) is 12.8. The van der Waals surface area contributed by atoms with Gasteiger partial charge in [0.2, 0.25) is 11.8 Å². The van der Waals surface area contributed by atoms with Gasteiger partial charge in [-0.1, -0.05) is 0 Å². The number of anilines is 2. The molecule has 0 unspecified atom stereocenters. The first-order valence-electron chi connectivity index (χ1n) is 9.95. The number of likely N-dealkylation sites (tertiary alicyclic amines) is 1. The Morgan fingerprint density at radius 2 is 2.10 bits per heavy atom. The van der Waals surface area contributed by atoms with Crippen LogP contribution in [0.2, 0.25) is 0 Å². The second kappa shape index (κ2) is 9.11. The molecule has 0 aliphatic carbocycles. The van der Waals surface area contributed by atoms with Gasteiger partial charge in [0.15, 0.2) is 0 Å². The second-order valence-corrected chi connectivity index (χ2v) is 7.37. The number of nitrogens with zero attached hydrogens (tertiary/aromatic N) is 3. The van der Waals surface area contributed by atoms with Crippen LogP contribution >= 0.6 is 0 Å². The molecule has 2 saturated heterocycles. The number of nitrogens with one attached hydrogen (secondary N) is 2. The predicted octanol–water partition coefficient (Wildman–Crippen LogP) is 0.387. The number of morpholine rings is 1. The molecule has 3 N–H and O–H groups in total. The summed E-state index contributed by atoms with van der Waals surface area (Å²) in [5.74, 6) is -0.858. The van der Waals surface area contributed by atoms with Crippen molar-refractivity contribution in [3.63, 3.8) is 0 Å². The normalized spacial score (nSPS) is 21.6. The molecule has 1 aromatic carbocycles. The smallest absolute Gasteiger partial charge is 0.253 e. The van der Waals surface area contributed by atoms with Crippen LogP contribution < -0.4 is 10.2 Å². The topological polar surface area (TPSA) is 128 Å². The zero-order valence-electron chi connectivity index (χ0n) is 16.7. The van der Waals surface area contributed by atoms with E-state index in [1.807, 2.05) is 0 Å². The van der Waals surface area contributed by atoms with Gasteiger partial charge in [0.25, 0.3) is 5.91 Å². The number of hydrogen-bond donors (Lipinski definition) is 3. The van der Waals surface area contributed by atoms with E-state index in [1.165, 1.54) is 17.3 Å². The first-order chi connectivity index (χ1) is 15.0. The fourth-order valence-corrected chi connectivity index (χ4v) is 3.66. The maximum atomic E-state index is 12.8. The first-order valence-corrected chi connectivity index (χ1v) is 9.95. The fourth-order valence-electron chi connectivity index (χ4n) is 3.66. The summed E-state index contributed by atoms with van der Waals surface area (Å²) in [6.45, 7) is 1.10. The zero-order valence-corrected chi connectivity index (χ0v) is 16.7. The lowest BCUT2D eigenvalue weighted by Crippen LogP contribution is -2.42. The third-order valence-corrected chi connectivity index (χ3v) is 5.22. The molecule has 0 saturated carbocycles. The van der Waals surface area contributed by atoms with E-state index in [0.717, 1.165) is 5.69 Å². The molecule has 4 rings (SSSR count). The lowest BCUT2D eigenvalue weighted by Gasteiger charge is -2.27. The highest BCUT2D eigenvalue weighted by molar-refractivity contribution is 6.01. The van der Waals surface area contributed by atoms with E-state index in [1.54, 1.807) is 41.4 Å². The van der Waals surface area contributed by atoms with Gasteiger partial charge in [-0.05, 0) is 30.3 Å². The molecular formula is C21H23N5O5. The molecule has 2 atom stereocenters. The van der Waals surface area contributed by atoms with Crippen molar-refractivity contribution in [1.82, 2.24) is 14.9 Å². The molecule has 0 spiro atoms. The average Bonchev–Trinajstić information content (AvgIpc) is 3.43. The maximum absolute atomic E-state index is 12.8. The van der Waals surface area contributed by atoms with Crippen molar-refractivity contribution in [2.24, 2.45) is 0 Å². The van der Waals surface area contributed by atoms with E-state index < -0.39 is 12.1 Å². The number of H-pyrrole nitrogens is 1. The molecule has 0 radical (unpaired) electrons. The highest BCUT2D eigenvalue weighted by Crippen LogP contribution is 2.23. The number of aromatic nitrogens is 2. The number of carbonyl (C=O) groups excluding carboxylic acids is 3. The summed E-state index contributed by atoms with van der Waals surface area (Å²) < 4.78 is 5.13. The van der Waals surface area contributed by atoms with Crippen molar-refractivity contribution < 1.29 is 24.2 Å². The molecule has 2 aromatic rings. The van der Waals surface area contributed by atoms with E-state index in [-0.39, 0.29) is 37.3 Å². The lowest BCUT2D eigenvalue weighted by atomic mass is 10.1. The summed E-state index contributed by atoms with van der Waals surface area (Å²) in [6, 6.07) is 6.11. The van der Waals surface area contributed by atoms with Gasteiger partial charge in [-0.2, -0.15) is 0 Å². The number of aliphatic hydroxyl groups excluding tert-OH is 1. The largest absolute Gasteiger partial charge is 0.391 e. The Morgan fingerprint density at radius 1 is 1.29 bits per heavy atom. The monoisotopic (exact) mass is 425 g/mol. The third kappa shape index (κ3) is 4.81. The van der Waals surface area contributed by atoms with E-state index in [2.05, 4.69) is 15.3 Å². The minimum atomic E-state index is -0.783. The van der Waals surface area contributed by atoms with Crippen molar-refractivity contribution in [3.05, 3.63) is 48.6 Å². The highest BCUT2D eigenvalue weighted by Gasteiger charge is 2.38. The molecule has 3 amide bonds. The highest BCUT2D eigenvalue weighted by atomic mass is 16.5. The third-order valence-electron chi connectivity index (χ3n) is 5.22. The Morgan fingerprint density at radius 3 is 2.81 bits per heavy atom. The van der Waals surface area contributed by atoms with Gasteiger partial charge >= 0.3 is 0 Å². The van der Waals surface area contributed by atoms with Crippen molar-refractivity contribution in [2.75, 3.05) is 36.5 Å². The van der Waals surface area contributed by atoms with Crippen LogP contribution in [-0.2, 0) is 19.1 Å². The van der Waals surface area contributed by atoms with Gasteiger partial charge < -0.3 is 29.9 Å². The Labute approximate surface area is 178 Å². The van der Waals surface area contributed by atoms with Crippen LogP contribution in [0.15, 0.2) is 42.9 Å². The second-order valence-electron chi connectivity index (χ2n) is 7.37. The van der Waals surface area contributed by atoms with Crippen LogP contribution in [0.4, 0.5) is 11.4 Å². The lowest BCUT2D eigenvalue weighted by molar-refractivity contribution is -0.132. The maximum Gasteiger partial charge on any atom is 0.253 e. The Hall–Kier alpha value is -3.50. The summed E-state index contributed by atoms with van der Waals surface area (Å²) in [4.78, 5) is 47.1. The summed E-state index contributed by atoms with van der Waals surface area (Å²) in [7, 11) is 0. The summed E-state index contributed by atoms with van der Waals surface area (Å²) >= 11 is 0. The number of ether oxygens (including phenoxy) is 1. The molecule has 2 aliphatic heterocycles. The molecule has 2 fully saturated rings. The predicted molar refractivity (Wildman–Crippen MR) is 112 cm³/mol. The van der Waals surface area contributed by atoms with Gasteiger partial charge in [-0.15, -0.1) is 0 Å². The van der Waals surface area contributed by atoms with Crippen LogP contribution in [0, 0.1) is 0 Å². The number of hydrogen-bond acceptors (Lipinski definition) is 6. The number of rotatable bonds is 5. The number of imidazole rings is 1. The fraction of sp³-hybridized carbons (Fsp3) is 0.333. The molecule has 10 nitrogen and oxygen atoms in total. The molecule has 2 aliphatic rings. The van der Waals surface area contributed by atoms with E-state index in [9.17, 15) is 19.5 Å². The molecular weight excluding hydrogens is 402 g/mol. The van der Waals surface area contributed by atoms with Crippen molar-refractivity contribution in [1.29, 1.82) is 0 Å².